The number of nitrogens with zero attached hydrogens (tertiary/aromatic N) is 2. The average molecular weight is 352 g/mol. The van der Waals surface area contributed by atoms with Crippen LogP contribution in [0.15, 0.2) is 54.6 Å². The van der Waals surface area contributed by atoms with Crippen molar-refractivity contribution in [2.75, 3.05) is 19.1 Å². The third kappa shape index (κ3) is 3.50. The number of methoxy groups -OCH3 is 1. The second-order valence-electron chi connectivity index (χ2n) is 6.23. The first-order valence-corrected chi connectivity index (χ1v) is 8.30. The van der Waals surface area contributed by atoms with Crippen molar-refractivity contribution in [3.8, 4) is 0 Å². The monoisotopic (exact) mass is 352 g/mol. The number of esters is 1. The van der Waals surface area contributed by atoms with Crippen molar-refractivity contribution >= 4 is 23.5 Å². The number of carbonyl (C=O) groups excluding carboxylic acids is 3. The number of hydrogen-bond acceptors (Lipinski definition) is 5. The van der Waals surface area contributed by atoms with E-state index in [2.05, 4.69) is 4.74 Å². The number of ether oxygens (including phenoxy) is 1. The van der Waals surface area contributed by atoms with Crippen LogP contribution in [0.3, 0.4) is 0 Å². The first-order chi connectivity index (χ1) is 12.5. The van der Waals surface area contributed by atoms with Crippen LogP contribution >= 0.6 is 0 Å². The van der Waals surface area contributed by atoms with Crippen LogP contribution in [0.1, 0.15) is 22.3 Å². The maximum Gasteiger partial charge on any atom is 0.337 e. The third-order valence-corrected chi connectivity index (χ3v) is 4.48. The molecule has 1 atom stereocenters. The number of carbonyl (C=O) groups is 3. The van der Waals surface area contributed by atoms with Gasteiger partial charge >= 0.3 is 5.97 Å². The van der Waals surface area contributed by atoms with Crippen molar-refractivity contribution in [1.82, 2.24) is 4.90 Å². The zero-order valence-electron chi connectivity index (χ0n) is 14.7. The highest BCUT2D eigenvalue weighted by molar-refractivity contribution is 6.22. The van der Waals surface area contributed by atoms with Crippen LogP contribution in [-0.4, -0.2) is 42.9 Å². The Balaban J connectivity index is 1.75. The third-order valence-electron chi connectivity index (χ3n) is 4.48. The molecule has 1 saturated heterocycles. The molecule has 1 fully saturated rings. The molecular weight excluding hydrogens is 332 g/mol. The molecule has 1 heterocycles. The van der Waals surface area contributed by atoms with Gasteiger partial charge in [-0.1, -0.05) is 30.3 Å². The predicted molar refractivity (Wildman–Crippen MR) is 96.6 cm³/mol. The molecule has 0 unspecified atom stereocenters. The fourth-order valence-electron chi connectivity index (χ4n) is 3.08. The van der Waals surface area contributed by atoms with Gasteiger partial charge in [-0.05, 0) is 36.9 Å². The molecule has 0 aliphatic carbocycles. The Hall–Kier alpha value is -2.99. The van der Waals surface area contributed by atoms with Crippen LogP contribution in [0.2, 0.25) is 0 Å². The Kier molecular flexibility index (Phi) is 5.14. The summed E-state index contributed by atoms with van der Waals surface area (Å²) in [5.74, 6) is -0.957. The maximum atomic E-state index is 12.8. The normalized spacial score (nSPS) is 17.0. The number of amides is 2. The highest BCUT2D eigenvalue weighted by Gasteiger charge is 2.41. The van der Waals surface area contributed by atoms with E-state index in [1.807, 2.05) is 42.3 Å². The van der Waals surface area contributed by atoms with E-state index in [0.29, 0.717) is 17.8 Å². The second kappa shape index (κ2) is 7.49. The highest BCUT2D eigenvalue weighted by Crippen LogP contribution is 2.26. The summed E-state index contributed by atoms with van der Waals surface area (Å²) in [5, 5.41) is 0. The van der Waals surface area contributed by atoms with Gasteiger partial charge in [0.1, 0.15) is 0 Å². The molecule has 3 rings (SSSR count). The fraction of sp³-hybridized carbons (Fsp3) is 0.250. The summed E-state index contributed by atoms with van der Waals surface area (Å²) in [7, 11) is 3.14. The molecule has 1 aliphatic heterocycles. The van der Waals surface area contributed by atoms with Gasteiger partial charge in [0.05, 0.1) is 30.8 Å². The summed E-state index contributed by atoms with van der Waals surface area (Å²) in [4.78, 5) is 39.8. The lowest BCUT2D eigenvalue weighted by Gasteiger charge is -2.23. The Labute approximate surface area is 152 Å². The van der Waals surface area contributed by atoms with E-state index in [9.17, 15) is 14.4 Å². The second-order valence-corrected chi connectivity index (χ2v) is 6.23. The van der Waals surface area contributed by atoms with E-state index < -0.39 is 12.0 Å². The van der Waals surface area contributed by atoms with Gasteiger partial charge in [0.15, 0.2) is 0 Å². The largest absolute Gasteiger partial charge is 0.465 e. The lowest BCUT2D eigenvalue weighted by molar-refractivity contribution is -0.122. The van der Waals surface area contributed by atoms with Crippen molar-refractivity contribution in [3.63, 3.8) is 0 Å². The molecule has 2 aromatic carbocycles. The molecular formula is C20H20N2O4. The number of anilines is 1. The Morgan fingerprint density at radius 2 is 1.77 bits per heavy atom. The Morgan fingerprint density at radius 3 is 2.38 bits per heavy atom. The number of hydrogen-bond donors (Lipinski definition) is 0. The molecule has 26 heavy (non-hydrogen) atoms. The average Bonchev–Trinajstić information content (AvgIpc) is 2.96. The standard InChI is InChI=1S/C20H20N2O4/c1-21(13-14-6-4-3-5-7-14)17-12-18(23)22(19(17)24)16-10-8-15(9-11-16)20(25)26-2/h3-11,17H,12-13H2,1-2H3/t17-/m0/s1. The Bertz CT molecular complexity index is 817. The van der Waals surface area contributed by atoms with Crippen molar-refractivity contribution in [2.45, 2.75) is 19.0 Å². The number of imide groups is 1. The minimum atomic E-state index is -0.497. The lowest BCUT2D eigenvalue weighted by Crippen LogP contribution is -2.39. The fourth-order valence-corrected chi connectivity index (χ4v) is 3.08. The topological polar surface area (TPSA) is 66.9 Å². The van der Waals surface area contributed by atoms with Gasteiger partial charge in [0, 0.05) is 6.54 Å². The molecule has 0 aromatic heterocycles. The summed E-state index contributed by atoms with van der Waals surface area (Å²) in [6.45, 7) is 0.583. The quantitative estimate of drug-likeness (QED) is 0.610. The summed E-state index contributed by atoms with van der Waals surface area (Å²) < 4.78 is 4.66. The van der Waals surface area contributed by atoms with Crippen molar-refractivity contribution in [1.29, 1.82) is 0 Å². The van der Waals surface area contributed by atoms with Gasteiger partial charge in [-0.25, -0.2) is 9.69 Å². The minimum absolute atomic E-state index is 0.140. The smallest absolute Gasteiger partial charge is 0.337 e. The molecule has 134 valence electrons. The molecule has 0 saturated carbocycles. The van der Waals surface area contributed by atoms with Crippen LogP contribution in [0.4, 0.5) is 5.69 Å². The molecule has 1 aliphatic rings. The van der Waals surface area contributed by atoms with Gasteiger partial charge in [-0.2, -0.15) is 0 Å². The summed E-state index contributed by atoms with van der Waals surface area (Å²) >= 11 is 0. The molecule has 0 bridgehead atoms. The first-order valence-electron chi connectivity index (χ1n) is 8.30. The number of likely N-dealkylation sites (N-methyl/N-ethyl adjacent to an activating group) is 1. The van der Waals surface area contributed by atoms with Crippen LogP contribution in [-0.2, 0) is 20.9 Å². The van der Waals surface area contributed by atoms with E-state index in [1.165, 1.54) is 12.0 Å². The van der Waals surface area contributed by atoms with Crippen LogP contribution in [0.5, 0.6) is 0 Å². The van der Waals surface area contributed by atoms with E-state index in [4.69, 9.17) is 0 Å². The first kappa shape index (κ1) is 17.8. The van der Waals surface area contributed by atoms with E-state index in [1.54, 1.807) is 24.3 Å². The summed E-state index contributed by atoms with van der Waals surface area (Å²) in [5.41, 5.74) is 1.91. The van der Waals surface area contributed by atoms with Gasteiger partial charge in [-0.3, -0.25) is 14.5 Å². The van der Waals surface area contributed by atoms with Crippen molar-refractivity contribution in [3.05, 3.63) is 65.7 Å². The molecule has 6 heteroatoms. The predicted octanol–water partition coefficient (Wildman–Crippen LogP) is 2.24. The number of rotatable bonds is 5. The number of benzene rings is 2. The van der Waals surface area contributed by atoms with Gasteiger partial charge in [-0.15, -0.1) is 0 Å². The van der Waals surface area contributed by atoms with Crippen LogP contribution in [0.25, 0.3) is 0 Å². The molecule has 0 N–H and O–H groups in total. The van der Waals surface area contributed by atoms with Gasteiger partial charge < -0.3 is 4.74 Å². The zero-order chi connectivity index (χ0) is 18.7. The van der Waals surface area contributed by atoms with E-state index >= 15 is 0 Å². The van der Waals surface area contributed by atoms with Crippen LogP contribution in [0, 0.1) is 0 Å². The SMILES string of the molecule is COC(=O)c1ccc(N2C(=O)C[C@H](N(C)Cc3ccccc3)C2=O)cc1. The molecule has 6 nitrogen and oxygen atoms in total. The zero-order valence-corrected chi connectivity index (χ0v) is 14.7. The van der Waals surface area contributed by atoms with Gasteiger partial charge in [0.25, 0.3) is 5.91 Å². The lowest BCUT2D eigenvalue weighted by atomic mass is 10.1. The Morgan fingerprint density at radius 1 is 1.12 bits per heavy atom. The van der Waals surface area contributed by atoms with Crippen molar-refractivity contribution < 1.29 is 19.1 Å². The van der Waals surface area contributed by atoms with Crippen LogP contribution < -0.4 is 4.90 Å². The highest BCUT2D eigenvalue weighted by atomic mass is 16.5. The van der Waals surface area contributed by atoms with Crippen molar-refractivity contribution in [2.24, 2.45) is 0 Å². The molecule has 2 amide bonds. The summed E-state index contributed by atoms with van der Waals surface area (Å²) in [6, 6.07) is 15.6. The minimum Gasteiger partial charge on any atom is -0.465 e. The molecule has 0 spiro atoms. The van der Waals surface area contributed by atoms with E-state index in [-0.39, 0.29) is 18.2 Å². The molecule has 0 radical (unpaired) electrons. The summed E-state index contributed by atoms with van der Waals surface area (Å²) in [6.07, 6.45) is 0.140. The van der Waals surface area contributed by atoms with E-state index in [0.717, 1.165) is 5.56 Å². The van der Waals surface area contributed by atoms with Gasteiger partial charge in [0.2, 0.25) is 5.91 Å². The molecule has 2 aromatic rings. The maximum absolute atomic E-state index is 12.8.